The summed E-state index contributed by atoms with van der Waals surface area (Å²) >= 11 is 0. The molecule has 1 amide bonds. The van der Waals surface area contributed by atoms with Crippen molar-refractivity contribution in [2.24, 2.45) is 5.10 Å². The van der Waals surface area contributed by atoms with E-state index in [1.807, 2.05) is 43.3 Å². The molecule has 19 heavy (non-hydrogen) atoms. The number of nitrogens with one attached hydrogen (secondary N) is 1. The van der Waals surface area contributed by atoms with Crippen molar-refractivity contribution >= 4 is 23.8 Å². The SMILES string of the molecule is CN(C)c1ccc(/C=N\NC(=O)/C=C\C(=O)[O-])cc1. The van der Waals surface area contributed by atoms with Crippen LogP contribution in [-0.2, 0) is 9.59 Å². The number of hydrogen-bond donors (Lipinski definition) is 1. The third-order valence-corrected chi connectivity index (χ3v) is 2.17. The zero-order valence-corrected chi connectivity index (χ0v) is 10.7. The summed E-state index contributed by atoms with van der Waals surface area (Å²) in [4.78, 5) is 23.1. The Morgan fingerprint density at radius 1 is 1.21 bits per heavy atom. The highest BCUT2D eigenvalue weighted by molar-refractivity contribution is 5.93. The zero-order valence-electron chi connectivity index (χ0n) is 10.7. The second-order valence-electron chi connectivity index (χ2n) is 3.87. The molecule has 0 aliphatic rings. The molecular weight excluding hydrogens is 246 g/mol. The van der Waals surface area contributed by atoms with Crippen molar-refractivity contribution in [2.75, 3.05) is 19.0 Å². The molecule has 1 aromatic carbocycles. The molecule has 0 saturated carbocycles. The summed E-state index contributed by atoms with van der Waals surface area (Å²) in [5.74, 6) is -2.07. The van der Waals surface area contributed by atoms with Crippen molar-refractivity contribution < 1.29 is 14.7 Å². The fraction of sp³-hybridized carbons (Fsp3) is 0.154. The number of amides is 1. The van der Waals surface area contributed by atoms with E-state index in [2.05, 4.69) is 10.5 Å². The maximum Gasteiger partial charge on any atom is 0.264 e. The second-order valence-corrected chi connectivity index (χ2v) is 3.87. The van der Waals surface area contributed by atoms with Gasteiger partial charge in [0.1, 0.15) is 0 Å². The molecule has 0 heterocycles. The second kappa shape index (κ2) is 6.95. The Labute approximate surface area is 111 Å². The first-order valence-corrected chi connectivity index (χ1v) is 5.48. The molecule has 100 valence electrons. The van der Waals surface area contributed by atoms with Gasteiger partial charge in [0.15, 0.2) is 0 Å². The van der Waals surface area contributed by atoms with Crippen LogP contribution in [0.4, 0.5) is 5.69 Å². The quantitative estimate of drug-likeness (QED) is 0.440. The lowest BCUT2D eigenvalue weighted by molar-refractivity contribution is -0.297. The van der Waals surface area contributed by atoms with Crippen LogP contribution in [0.25, 0.3) is 0 Å². The molecule has 0 aliphatic carbocycles. The van der Waals surface area contributed by atoms with Gasteiger partial charge in [-0.25, -0.2) is 5.43 Å². The van der Waals surface area contributed by atoms with Gasteiger partial charge >= 0.3 is 0 Å². The summed E-state index contributed by atoms with van der Waals surface area (Å²) in [5, 5.41) is 13.8. The Morgan fingerprint density at radius 2 is 1.84 bits per heavy atom. The first kappa shape index (κ1) is 14.4. The monoisotopic (exact) mass is 260 g/mol. The van der Waals surface area contributed by atoms with Gasteiger partial charge < -0.3 is 14.8 Å². The fourth-order valence-corrected chi connectivity index (χ4v) is 1.21. The van der Waals surface area contributed by atoms with E-state index in [0.717, 1.165) is 17.3 Å². The minimum absolute atomic E-state index is 0.634. The van der Waals surface area contributed by atoms with Gasteiger partial charge in [-0.1, -0.05) is 12.1 Å². The molecule has 0 aromatic heterocycles. The van der Waals surface area contributed by atoms with Crippen LogP contribution in [-0.4, -0.2) is 32.2 Å². The number of hydrogen-bond acceptors (Lipinski definition) is 5. The van der Waals surface area contributed by atoms with Crippen molar-refractivity contribution in [2.45, 2.75) is 0 Å². The van der Waals surface area contributed by atoms with E-state index in [9.17, 15) is 14.7 Å². The summed E-state index contributed by atoms with van der Waals surface area (Å²) in [5.41, 5.74) is 4.03. The summed E-state index contributed by atoms with van der Waals surface area (Å²) in [7, 11) is 3.87. The molecule has 1 rings (SSSR count). The summed E-state index contributed by atoms with van der Waals surface area (Å²) < 4.78 is 0. The highest BCUT2D eigenvalue weighted by Gasteiger charge is 1.94. The number of hydrazone groups is 1. The van der Waals surface area contributed by atoms with Crippen LogP contribution in [0, 0.1) is 0 Å². The largest absolute Gasteiger partial charge is 0.545 e. The summed E-state index contributed by atoms with van der Waals surface area (Å²) in [6.45, 7) is 0. The fourth-order valence-electron chi connectivity index (χ4n) is 1.21. The van der Waals surface area contributed by atoms with Gasteiger partial charge in [0.2, 0.25) is 0 Å². The molecule has 0 atom stereocenters. The molecule has 0 saturated heterocycles. The lowest BCUT2D eigenvalue weighted by atomic mass is 10.2. The third-order valence-electron chi connectivity index (χ3n) is 2.17. The normalized spacial score (nSPS) is 10.8. The van der Waals surface area contributed by atoms with Crippen molar-refractivity contribution in [3.63, 3.8) is 0 Å². The lowest BCUT2D eigenvalue weighted by Crippen LogP contribution is -2.21. The number of anilines is 1. The van der Waals surface area contributed by atoms with Crippen molar-refractivity contribution in [3.8, 4) is 0 Å². The van der Waals surface area contributed by atoms with Crippen LogP contribution in [0.3, 0.4) is 0 Å². The average Bonchev–Trinajstić information content (AvgIpc) is 2.37. The van der Waals surface area contributed by atoms with Crippen molar-refractivity contribution in [1.29, 1.82) is 0 Å². The van der Waals surface area contributed by atoms with Gasteiger partial charge in [0, 0.05) is 25.9 Å². The number of carboxylic acids is 1. The van der Waals surface area contributed by atoms with E-state index < -0.39 is 11.9 Å². The van der Waals surface area contributed by atoms with Crippen molar-refractivity contribution in [1.82, 2.24) is 5.43 Å². The Bertz CT molecular complexity index is 504. The number of carbonyl (C=O) groups excluding carboxylic acids is 2. The minimum Gasteiger partial charge on any atom is -0.545 e. The topological polar surface area (TPSA) is 84.8 Å². The van der Waals surface area contributed by atoms with Gasteiger partial charge in [-0.15, -0.1) is 0 Å². The van der Waals surface area contributed by atoms with Crippen LogP contribution < -0.4 is 15.4 Å². The molecule has 0 aliphatic heterocycles. The van der Waals surface area contributed by atoms with Crippen LogP contribution in [0.15, 0.2) is 41.5 Å². The van der Waals surface area contributed by atoms with Gasteiger partial charge in [-0.05, 0) is 23.8 Å². The van der Waals surface area contributed by atoms with Gasteiger partial charge in [0.05, 0.1) is 12.2 Å². The maximum atomic E-state index is 11.1. The summed E-state index contributed by atoms with van der Waals surface area (Å²) in [6, 6.07) is 7.53. The van der Waals surface area contributed by atoms with E-state index in [4.69, 9.17) is 0 Å². The van der Waals surface area contributed by atoms with Crippen LogP contribution in [0.5, 0.6) is 0 Å². The maximum absolute atomic E-state index is 11.1. The molecule has 0 bridgehead atoms. The van der Waals surface area contributed by atoms with Crippen LogP contribution in [0.1, 0.15) is 5.56 Å². The number of nitrogens with zero attached hydrogens (tertiary/aromatic N) is 2. The highest BCUT2D eigenvalue weighted by atomic mass is 16.4. The number of aliphatic carboxylic acids is 1. The molecule has 0 radical (unpaired) electrons. The number of benzene rings is 1. The smallest absolute Gasteiger partial charge is 0.264 e. The molecular formula is C13H14N3O3-. The van der Waals surface area contributed by atoms with E-state index in [-0.39, 0.29) is 0 Å². The molecule has 6 heteroatoms. The number of rotatable bonds is 5. The molecule has 0 fully saturated rings. The van der Waals surface area contributed by atoms with Gasteiger partial charge in [-0.2, -0.15) is 5.10 Å². The first-order valence-electron chi connectivity index (χ1n) is 5.48. The Hall–Kier alpha value is -2.63. The summed E-state index contributed by atoms with van der Waals surface area (Å²) in [6.07, 6.45) is 2.93. The van der Waals surface area contributed by atoms with E-state index in [0.29, 0.717) is 6.08 Å². The van der Waals surface area contributed by atoms with E-state index >= 15 is 0 Å². The van der Waals surface area contributed by atoms with E-state index in [1.54, 1.807) is 0 Å². The lowest BCUT2D eigenvalue weighted by Gasteiger charge is -2.11. The van der Waals surface area contributed by atoms with Crippen LogP contribution in [0.2, 0.25) is 0 Å². The third kappa shape index (κ3) is 5.49. The Kier molecular flexibility index (Phi) is 5.28. The molecule has 0 spiro atoms. The highest BCUT2D eigenvalue weighted by Crippen LogP contribution is 2.10. The molecule has 6 nitrogen and oxygen atoms in total. The number of carbonyl (C=O) groups is 2. The van der Waals surface area contributed by atoms with Gasteiger partial charge in [0.25, 0.3) is 5.91 Å². The Balaban J connectivity index is 2.53. The number of carboxylic acid groups (broad SMARTS) is 1. The average molecular weight is 260 g/mol. The standard InChI is InChI=1S/C13H15N3O3/c1-16(2)11-5-3-10(4-6-11)9-14-15-12(17)7-8-13(18)19/h3-9H,1-2H3,(H,15,17)(H,18,19)/p-1/b8-7-,14-9-. The molecule has 0 unspecified atom stereocenters. The minimum atomic E-state index is -1.43. The predicted molar refractivity (Wildman–Crippen MR) is 70.7 cm³/mol. The Morgan fingerprint density at radius 3 is 2.37 bits per heavy atom. The van der Waals surface area contributed by atoms with Crippen molar-refractivity contribution in [3.05, 3.63) is 42.0 Å². The molecule has 1 N–H and O–H groups in total. The zero-order chi connectivity index (χ0) is 14.3. The van der Waals surface area contributed by atoms with Gasteiger partial charge in [-0.3, -0.25) is 4.79 Å². The van der Waals surface area contributed by atoms with E-state index in [1.165, 1.54) is 6.21 Å². The predicted octanol–water partition coefficient (Wildman–Crippen LogP) is -0.491. The molecule has 1 aromatic rings. The van der Waals surface area contributed by atoms with Crippen LogP contribution >= 0.6 is 0 Å². The first-order chi connectivity index (χ1) is 8.99.